The summed E-state index contributed by atoms with van der Waals surface area (Å²) in [5.74, 6) is 0.690. The molecule has 2 N–H and O–H groups in total. The van der Waals surface area contributed by atoms with E-state index in [1.165, 1.54) is 6.26 Å². The lowest BCUT2D eigenvalue weighted by molar-refractivity contribution is 0.0931. The maximum Gasteiger partial charge on any atom is 0.261 e. The maximum absolute atomic E-state index is 12.6. The fraction of sp³-hybridized carbons (Fsp3) is 0.222. The standard InChI is InChI=1S/C18H16N2O3S/c21-17-12(7-8-13(19-17)14-3-1-9-23-14)18(22)20-16(11-5-6-11)15-4-2-10-24-15/h1-4,7-11,16H,5-6H2,(H,19,21)(H,20,22). The quantitative estimate of drug-likeness (QED) is 0.745. The highest BCUT2D eigenvalue weighted by molar-refractivity contribution is 7.10. The molecule has 4 rings (SSSR count). The number of hydrogen-bond donors (Lipinski definition) is 2. The monoisotopic (exact) mass is 340 g/mol. The Morgan fingerprint density at radius 1 is 1.25 bits per heavy atom. The predicted molar refractivity (Wildman–Crippen MR) is 92.0 cm³/mol. The van der Waals surface area contributed by atoms with E-state index >= 15 is 0 Å². The summed E-state index contributed by atoms with van der Waals surface area (Å²) in [5, 5.41) is 5.02. The number of hydrogen-bond acceptors (Lipinski definition) is 4. The van der Waals surface area contributed by atoms with E-state index in [9.17, 15) is 9.59 Å². The van der Waals surface area contributed by atoms with Gasteiger partial charge in [-0.25, -0.2) is 0 Å². The maximum atomic E-state index is 12.6. The number of aromatic nitrogens is 1. The minimum absolute atomic E-state index is 0.0124. The molecule has 0 radical (unpaired) electrons. The first-order valence-corrected chi connectivity index (χ1v) is 8.72. The van der Waals surface area contributed by atoms with Crippen LogP contribution in [-0.4, -0.2) is 10.9 Å². The lowest BCUT2D eigenvalue weighted by Crippen LogP contribution is -2.33. The van der Waals surface area contributed by atoms with E-state index in [0.717, 1.165) is 17.7 Å². The van der Waals surface area contributed by atoms with Crippen LogP contribution in [0.2, 0.25) is 0 Å². The van der Waals surface area contributed by atoms with Crippen LogP contribution < -0.4 is 10.9 Å². The van der Waals surface area contributed by atoms with Crippen LogP contribution in [0, 0.1) is 5.92 Å². The number of H-pyrrole nitrogens is 1. The number of carbonyl (C=O) groups excluding carboxylic acids is 1. The molecule has 0 bridgehead atoms. The van der Waals surface area contributed by atoms with Gasteiger partial charge in [-0.05, 0) is 54.5 Å². The second-order valence-electron chi connectivity index (χ2n) is 5.90. The van der Waals surface area contributed by atoms with Crippen LogP contribution in [0.3, 0.4) is 0 Å². The molecule has 0 aromatic carbocycles. The van der Waals surface area contributed by atoms with Crippen LogP contribution in [-0.2, 0) is 0 Å². The average molecular weight is 340 g/mol. The van der Waals surface area contributed by atoms with E-state index in [1.54, 1.807) is 35.6 Å². The summed E-state index contributed by atoms with van der Waals surface area (Å²) < 4.78 is 5.26. The molecule has 122 valence electrons. The summed E-state index contributed by atoms with van der Waals surface area (Å²) in [5.41, 5.74) is 0.258. The molecule has 3 heterocycles. The number of carbonyl (C=O) groups is 1. The molecule has 1 saturated carbocycles. The molecule has 1 atom stereocenters. The third kappa shape index (κ3) is 2.92. The molecule has 1 unspecified atom stereocenters. The summed E-state index contributed by atoms with van der Waals surface area (Å²) in [4.78, 5) is 28.7. The fourth-order valence-electron chi connectivity index (χ4n) is 2.77. The third-order valence-corrected chi connectivity index (χ3v) is 5.13. The Bertz CT molecular complexity index is 893. The Hall–Kier alpha value is -2.60. The molecule has 24 heavy (non-hydrogen) atoms. The van der Waals surface area contributed by atoms with E-state index in [0.29, 0.717) is 17.4 Å². The Kier molecular flexibility index (Phi) is 3.82. The van der Waals surface area contributed by atoms with Gasteiger partial charge in [-0.3, -0.25) is 9.59 Å². The van der Waals surface area contributed by atoms with Crippen LogP contribution in [0.25, 0.3) is 11.5 Å². The van der Waals surface area contributed by atoms with Gasteiger partial charge in [-0.15, -0.1) is 11.3 Å². The molecule has 1 aliphatic carbocycles. The predicted octanol–water partition coefficient (Wildman–Crippen LogP) is 3.58. The van der Waals surface area contributed by atoms with Crippen LogP contribution in [0.4, 0.5) is 0 Å². The highest BCUT2D eigenvalue weighted by Crippen LogP contribution is 2.42. The molecule has 1 aliphatic rings. The van der Waals surface area contributed by atoms with Gasteiger partial charge in [0.25, 0.3) is 11.5 Å². The number of thiophene rings is 1. The Balaban J connectivity index is 1.57. The molecule has 1 fully saturated rings. The first-order chi connectivity index (χ1) is 11.7. The number of pyridine rings is 1. The van der Waals surface area contributed by atoms with Crippen molar-refractivity contribution in [1.29, 1.82) is 0 Å². The van der Waals surface area contributed by atoms with Crippen LogP contribution in [0.1, 0.15) is 34.1 Å². The van der Waals surface area contributed by atoms with E-state index in [4.69, 9.17) is 4.42 Å². The number of nitrogens with one attached hydrogen (secondary N) is 2. The van der Waals surface area contributed by atoms with Gasteiger partial charge in [0.15, 0.2) is 0 Å². The first kappa shape index (κ1) is 15.0. The molecule has 3 aromatic heterocycles. The largest absolute Gasteiger partial charge is 0.463 e. The first-order valence-electron chi connectivity index (χ1n) is 7.84. The lowest BCUT2D eigenvalue weighted by atomic mass is 10.1. The Labute approximate surface area is 142 Å². The zero-order valence-electron chi connectivity index (χ0n) is 12.8. The molecular formula is C18H16N2O3S. The Morgan fingerprint density at radius 2 is 2.12 bits per heavy atom. The minimum Gasteiger partial charge on any atom is -0.463 e. The van der Waals surface area contributed by atoms with E-state index < -0.39 is 5.56 Å². The second-order valence-corrected chi connectivity index (χ2v) is 6.88. The third-order valence-electron chi connectivity index (χ3n) is 4.17. The van der Waals surface area contributed by atoms with Crippen molar-refractivity contribution in [2.24, 2.45) is 5.92 Å². The summed E-state index contributed by atoms with van der Waals surface area (Å²) in [6, 6.07) is 10.7. The molecule has 5 nitrogen and oxygen atoms in total. The van der Waals surface area contributed by atoms with Gasteiger partial charge in [-0.1, -0.05) is 6.07 Å². The number of aromatic amines is 1. The summed E-state index contributed by atoms with van der Waals surface area (Å²) in [7, 11) is 0. The summed E-state index contributed by atoms with van der Waals surface area (Å²) in [6.07, 6.45) is 3.75. The lowest BCUT2D eigenvalue weighted by Gasteiger charge is -2.16. The highest BCUT2D eigenvalue weighted by Gasteiger charge is 2.34. The molecule has 6 heteroatoms. The van der Waals surface area contributed by atoms with Crippen molar-refractivity contribution in [1.82, 2.24) is 10.3 Å². The molecule has 1 amide bonds. The Morgan fingerprint density at radius 3 is 2.75 bits per heavy atom. The van der Waals surface area contributed by atoms with Crippen LogP contribution in [0.15, 0.2) is 57.3 Å². The average Bonchev–Trinajstić information content (AvgIpc) is 3.04. The highest BCUT2D eigenvalue weighted by atomic mass is 32.1. The zero-order valence-corrected chi connectivity index (χ0v) is 13.6. The smallest absolute Gasteiger partial charge is 0.261 e. The van der Waals surface area contributed by atoms with Crippen molar-refractivity contribution in [3.05, 3.63) is 68.8 Å². The normalized spacial score (nSPS) is 15.2. The van der Waals surface area contributed by atoms with Crippen molar-refractivity contribution in [3.63, 3.8) is 0 Å². The van der Waals surface area contributed by atoms with Crippen LogP contribution in [0.5, 0.6) is 0 Å². The molecular weight excluding hydrogens is 324 g/mol. The van der Waals surface area contributed by atoms with Gasteiger partial charge in [0.1, 0.15) is 11.3 Å². The molecule has 3 aromatic rings. The van der Waals surface area contributed by atoms with Crippen molar-refractivity contribution in [2.75, 3.05) is 0 Å². The van der Waals surface area contributed by atoms with Crippen molar-refractivity contribution in [3.8, 4) is 11.5 Å². The second kappa shape index (κ2) is 6.13. The molecule has 0 saturated heterocycles. The van der Waals surface area contributed by atoms with Crippen molar-refractivity contribution < 1.29 is 9.21 Å². The number of furan rings is 1. The number of amides is 1. The van der Waals surface area contributed by atoms with Gasteiger partial charge in [0, 0.05) is 4.88 Å². The van der Waals surface area contributed by atoms with E-state index in [2.05, 4.69) is 10.3 Å². The van der Waals surface area contributed by atoms with Gasteiger partial charge in [0.2, 0.25) is 0 Å². The fourth-order valence-corrected chi connectivity index (χ4v) is 3.64. The van der Waals surface area contributed by atoms with Crippen molar-refractivity contribution >= 4 is 17.2 Å². The number of rotatable bonds is 5. The summed E-state index contributed by atoms with van der Waals surface area (Å²) in [6.45, 7) is 0. The van der Waals surface area contributed by atoms with E-state index in [1.807, 2.05) is 17.5 Å². The van der Waals surface area contributed by atoms with Gasteiger partial charge < -0.3 is 14.7 Å². The summed E-state index contributed by atoms with van der Waals surface area (Å²) >= 11 is 1.63. The zero-order chi connectivity index (χ0) is 16.5. The van der Waals surface area contributed by atoms with Gasteiger partial charge >= 0.3 is 0 Å². The van der Waals surface area contributed by atoms with Crippen molar-refractivity contribution in [2.45, 2.75) is 18.9 Å². The van der Waals surface area contributed by atoms with E-state index in [-0.39, 0.29) is 17.5 Å². The topological polar surface area (TPSA) is 75.1 Å². The van der Waals surface area contributed by atoms with Crippen LogP contribution >= 0.6 is 11.3 Å². The minimum atomic E-state index is -0.415. The van der Waals surface area contributed by atoms with Gasteiger partial charge in [-0.2, -0.15) is 0 Å². The molecule has 0 spiro atoms. The van der Waals surface area contributed by atoms with Gasteiger partial charge in [0.05, 0.1) is 18.0 Å². The molecule has 0 aliphatic heterocycles. The SMILES string of the molecule is O=C(NC(c1cccs1)C1CC1)c1ccc(-c2ccco2)[nH]c1=O.